The fraction of sp³-hybridized carbons (Fsp3) is 0.229. The van der Waals surface area contributed by atoms with Crippen LogP contribution in [0.15, 0.2) is 285 Å². The fourth-order valence-electron chi connectivity index (χ4n) is 14.1. The van der Waals surface area contributed by atoms with Crippen molar-refractivity contribution >= 4 is 164 Å². The number of hydrogen-bond acceptors (Lipinski definition) is 20. The van der Waals surface area contributed by atoms with Gasteiger partial charge in [0.2, 0.25) is 5.82 Å². The van der Waals surface area contributed by atoms with Crippen molar-refractivity contribution in [2.45, 2.75) is 137 Å². The fourth-order valence-corrected chi connectivity index (χ4v) is 15.5. The Hall–Kier alpha value is -12.7. The van der Waals surface area contributed by atoms with Gasteiger partial charge in [-0.3, -0.25) is 34.2 Å². The second kappa shape index (κ2) is 47.0. The number of fused-ring (bicyclic) bond motifs is 2. The van der Waals surface area contributed by atoms with Crippen LogP contribution in [-0.4, -0.2) is 111 Å². The summed E-state index contributed by atoms with van der Waals surface area (Å²) in [5.41, 5.74) is 23.6. The number of nitro groups is 2. The summed E-state index contributed by atoms with van der Waals surface area (Å²) >= 11 is 13.0. The molecule has 0 unspecified atom stereocenters. The van der Waals surface area contributed by atoms with Gasteiger partial charge in [-0.05, 0) is 357 Å². The first-order valence-corrected chi connectivity index (χ1v) is 47.4. The molecule has 13 aromatic carbocycles. The Kier molecular flexibility index (Phi) is 36.3. The molecule has 0 spiro atoms. The van der Waals surface area contributed by atoms with Gasteiger partial charge in [0.1, 0.15) is 63.7 Å². The third-order valence-electron chi connectivity index (χ3n) is 23.9. The maximum Gasteiger partial charge on any atom is 0.494 e. The minimum absolute atomic E-state index is 0.0475. The molecule has 37 heteroatoms. The van der Waals surface area contributed by atoms with Gasteiger partial charge < -0.3 is 64.2 Å². The lowest BCUT2D eigenvalue weighted by molar-refractivity contribution is -0.387. The first-order valence-electron chi connectivity index (χ1n) is 44.3. The van der Waals surface area contributed by atoms with Gasteiger partial charge in [0, 0.05) is 58.5 Å². The van der Waals surface area contributed by atoms with E-state index in [1.54, 1.807) is 75.9 Å². The molecule has 0 amide bonds. The van der Waals surface area contributed by atoms with E-state index in [0.717, 1.165) is 123 Å². The highest BCUT2D eigenvalue weighted by Gasteiger charge is 2.64. The number of nitro benzene ring substituents is 2. The second-order valence-corrected chi connectivity index (χ2v) is 39.5. The van der Waals surface area contributed by atoms with Crippen molar-refractivity contribution in [3.63, 3.8) is 0 Å². The summed E-state index contributed by atoms with van der Waals surface area (Å²) < 4.78 is 137. The average molecular weight is 2200 g/mol. The lowest BCUT2D eigenvalue weighted by Gasteiger charge is -2.32. The predicted molar refractivity (Wildman–Crippen MR) is 564 cm³/mol. The van der Waals surface area contributed by atoms with Gasteiger partial charge in [-0.2, -0.15) is 4.39 Å². The zero-order chi connectivity index (χ0) is 104. The highest BCUT2D eigenvalue weighted by atomic mass is 79.9. The number of anilines is 6. The topological polar surface area (TPSA) is 298 Å². The number of carbonyl (C=O) groups is 1. The van der Waals surface area contributed by atoms with Crippen LogP contribution in [0.4, 0.5) is 71.8 Å². The number of methoxy groups -OCH3 is 3. The molecule has 0 atom stereocenters. The molecule has 0 bridgehead atoms. The van der Waals surface area contributed by atoms with E-state index in [1.807, 2.05) is 216 Å². The number of rotatable bonds is 16. The van der Waals surface area contributed by atoms with Gasteiger partial charge in [0.25, 0.3) is 5.69 Å². The van der Waals surface area contributed by atoms with Crippen LogP contribution in [0, 0.1) is 75.9 Å². The zero-order valence-electron chi connectivity index (χ0n) is 81.0. The molecule has 3 saturated heterocycles. The minimum Gasteiger partial charge on any atom is -0.496 e. The molecule has 142 heavy (non-hydrogen) atoms. The number of imidazole rings is 2. The number of carbonyl (C=O) groups excluding carboxylic acids is 1. The van der Waals surface area contributed by atoms with Crippen LogP contribution in [0.3, 0.4) is 0 Å². The Balaban J connectivity index is 0.000000161. The summed E-state index contributed by atoms with van der Waals surface area (Å²) in [6.07, 6.45) is 0.790. The van der Waals surface area contributed by atoms with Crippen LogP contribution < -0.4 is 41.8 Å². The SMILES string of the molecule is CC1(C)OB(B2OC(C)(C)C(C)(C)O2)OC1(C)C.COc1cc(C)ccc1-c1nc2cc(B3OC(C)(C)C(C)(C)O3)ccc2n1-c1ccc(F)cc1.COc1cc(C)ccc1-c1nc2cc(Br)ccc2n1-c1ccc(F)cc1.COc1cc(C)ccc1C=O.Nc1cc(Br)ccc1Nc1ccc(F)cc1.Nc1ccc(F)cc1.O=[N+]([O-])c1cc(Br)ccc1F.O=[N+]([O-])c1cc(Br)ccc1Nc1ccc(F)cc1. The maximum atomic E-state index is 13.7. The Bertz CT molecular complexity index is 6880. The number of benzene rings is 13. The lowest BCUT2D eigenvalue weighted by atomic mass is 9.49. The average Bonchev–Trinajstić information content (AvgIpc) is 1.60. The first-order chi connectivity index (χ1) is 66.9. The van der Waals surface area contributed by atoms with Crippen LogP contribution in [0.25, 0.3) is 56.2 Å². The van der Waals surface area contributed by atoms with E-state index in [1.165, 1.54) is 97.1 Å². The summed E-state index contributed by atoms with van der Waals surface area (Å²) in [6, 6.07) is 73.6. The number of halogens is 10. The van der Waals surface area contributed by atoms with Crippen molar-refractivity contribution in [1.82, 2.24) is 19.1 Å². The Morgan fingerprint density at radius 1 is 0.387 bits per heavy atom. The van der Waals surface area contributed by atoms with Gasteiger partial charge in [-0.25, -0.2) is 31.9 Å². The number of aryl methyl sites for hydroxylation is 3. The van der Waals surface area contributed by atoms with E-state index in [-0.39, 0.29) is 57.2 Å². The van der Waals surface area contributed by atoms with E-state index in [0.29, 0.717) is 48.8 Å². The van der Waals surface area contributed by atoms with Crippen LogP contribution in [0.2, 0.25) is 0 Å². The zero-order valence-corrected chi connectivity index (χ0v) is 87.4. The number of aldehydes is 1. The molecule has 2 aromatic heterocycles. The minimum atomic E-state index is -0.821. The van der Waals surface area contributed by atoms with Crippen LogP contribution >= 0.6 is 63.7 Å². The smallest absolute Gasteiger partial charge is 0.494 e. The predicted octanol–water partition coefficient (Wildman–Crippen LogP) is 27.5. The van der Waals surface area contributed by atoms with Crippen molar-refractivity contribution in [3.05, 3.63) is 362 Å². The molecule has 15 aromatic rings. The molecule has 3 fully saturated rings. The summed E-state index contributed by atoms with van der Waals surface area (Å²) in [5, 5.41) is 27.0. The van der Waals surface area contributed by atoms with Crippen LogP contribution in [0.5, 0.6) is 17.2 Å². The standard InChI is InChI=1S/C27H28BFN2O3.C21H16BrFN2O.C12H24B2O4.C12H8BrFN2O2.C12H10BrFN2.C9H10O2.C6H3BrFNO2.C6H6FN/c1-17-7-13-21(24(15-17)32-6)25-30-22-16-18(28-33-26(2,3)27(4,5)34-28)8-14-23(22)31(25)20-11-9-19(29)10-12-20;1-13-3-9-17(20(11-13)26-2)21-24-18-12-14(22)4-10-19(18)25(21)16-7-5-15(23)6-8-16;1-9(2)10(3,4)16-13(15-9)14-17-11(5,6)12(7,8)18-14;13-8-1-6-11(12(7-8)16(17)18)15-10-4-2-9(14)3-5-10;13-8-1-6-12(11(15)7-8)16-10-4-2-9(14)3-5-10;1-7-3-4-8(6-10)9(5-7)11-2;7-4-1-2-5(8)6(3-4)9(10)11;7-5-1-3-6(8)4-2-5/h7-16H,1-6H3;3-12H,1-2H3;1-8H3;1-7,15H;1-7,16H,15H2;3-6H,1-2H3;1-3H;1-4H,8H2. The van der Waals surface area contributed by atoms with E-state index in [9.17, 15) is 51.4 Å². The van der Waals surface area contributed by atoms with Gasteiger partial charge in [-0.1, -0.05) is 88.0 Å². The molecule has 0 radical (unpaired) electrons. The van der Waals surface area contributed by atoms with Crippen molar-refractivity contribution in [3.8, 4) is 51.4 Å². The molecule has 24 nitrogen and oxygen atoms in total. The van der Waals surface area contributed by atoms with Gasteiger partial charge in [-0.15, -0.1) is 0 Å². The number of nitrogens with two attached hydrogens (primary N) is 2. The molecule has 0 saturated carbocycles. The number of ether oxygens (including phenoxy) is 3. The summed E-state index contributed by atoms with van der Waals surface area (Å²) in [4.78, 5) is 40.0. The van der Waals surface area contributed by atoms with Crippen molar-refractivity contribution in [2.75, 3.05) is 43.4 Å². The Labute approximate surface area is 854 Å². The monoisotopic (exact) mass is 2190 g/mol. The number of nitrogens with zero attached hydrogens (tertiary/aromatic N) is 6. The normalized spacial score (nSPS) is 14.5. The third-order valence-corrected chi connectivity index (χ3v) is 25.8. The second-order valence-electron chi connectivity index (χ2n) is 35.8. The van der Waals surface area contributed by atoms with Gasteiger partial charge in [0.15, 0.2) is 6.29 Å². The highest BCUT2D eigenvalue weighted by molar-refractivity contribution is 9.11. The summed E-state index contributed by atoms with van der Waals surface area (Å²) in [5.74, 6) is 1.34. The largest absolute Gasteiger partial charge is 0.496 e. The van der Waals surface area contributed by atoms with Crippen LogP contribution in [0.1, 0.15) is 110 Å². The highest BCUT2D eigenvalue weighted by Crippen LogP contribution is 2.45. The quantitative estimate of drug-likeness (QED) is 0.0174. The molecule has 6 N–H and O–H groups in total. The first kappa shape index (κ1) is 110. The van der Waals surface area contributed by atoms with Crippen molar-refractivity contribution < 1.29 is 83.1 Å². The molecule has 738 valence electrons. The van der Waals surface area contributed by atoms with E-state index in [2.05, 4.69) is 74.4 Å². The number of aromatic nitrogens is 4. The van der Waals surface area contributed by atoms with E-state index >= 15 is 0 Å². The summed E-state index contributed by atoms with van der Waals surface area (Å²) in [7, 11) is 3.43. The van der Waals surface area contributed by atoms with Gasteiger partial charge >= 0.3 is 26.8 Å². The van der Waals surface area contributed by atoms with E-state index in [4.69, 9.17) is 63.6 Å². The van der Waals surface area contributed by atoms with Crippen molar-refractivity contribution in [2.24, 2.45) is 0 Å². The third kappa shape index (κ3) is 27.8. The molecule has 18 rings (SSSR count). The Morgan fingerprint density at radius 2 is 0.725 bits per heavy atom. The Morgan fingerprint density at radius 3 is 1.12 bits per heavy atom. The van der Waals surface area contributed by atoms with Gasteiger partial charge in [0.05, 0.1) is 115 Å². The molecular formula is C105H105B3Br4F6N10O14. The molecule has 3 aliphatic heterocycles. The molecule has 0 aliphatic carbocycles. The maximum absolute atomic E-state index is 13.7. The number of nitrogens with one attached hydrogen (secondary N) is 2. The summed E-state index contributed by atoms with van der Waals surface area (Å²) in [6.45, 7) is 30.4. The van der Waals surface area contributed by atoms with Crippen molar-refractivity contribution in [1.29, 1.82) is 0 Å². The molecule has 5 heterocycles. The number of hydrogen-bond donors (Lipinski definition) is 4. The molecule has 3 aliphatic rings. The number of nitrogen functional groups attached to an aromatic ring is 2. The lowest BCUT2D eigenvalue weighted by Crippen LogP contribution is -2.41. The van der Waals surface area contributed by atoms with Crippen LogP contribution in [-0.2, 0) is 27.9 Å². The molecular weight excluding hydrogens is 2090 g/mol. The van der Waals surface area contributed by atoms with E-state index < -0.39 is 53.7 Å².